The lowest BCUT2D eigenvalue weighted by Crippen LogP contribution is -2.04. The smallest absolute Gasteiger partial charge is 0.122 e. The third kappa shape index (κ3) is 2.07. The van der Waals surface area contributed by atoms with Crippen molar-refractivity contribution in [3.8, 4) is 0 Å². The van der Waals surface area contributed by atoms with Crippen molar-refractivity contribution >= 4 is 22.5 Å². The maximum absolute atomic E-state index is 6.01. The van der Waals surface area contributed by atoms with Crippen LogP contribution in [0.15, 0.2) is 24.4 Å². The fraction of sp³-hybridized carbons (Fsp3) is 0.333. The summed E-state index contributed by atoms with van der Waals surface area (Å²) in [6, 6.07) is 5.94. The summed E-state index contributed by atoms with van der Waals surface area (Å²) >= 11 is 6.01. The Morgan fingerprint density at radius 1 is 1.44 bits per heavy atom. The molecule has 0 unspecified atom stereocenters. The van der Waals surface area contributed by atoms with E-state index in [0.717, 1.165) is 17.1 Å². The van der Waals surface area contributed by atoms with Gasteiger partial charge in [-0.15, -0.1) is 0 Å². The second kappa shape index (κ2) is 4.87. The van der Waals surface area contributed by atoms with Crippen molar-refractivity contribution in [2.24, 2.45) is 0 Å². The molecule has 1 N–H and O–H groups in total. The molecule has 2 aromatic rings. The minimum atomic E-state index is 0.542. The summed E-state index contributed by atoms with van der Waals surface area (Å²) in [5.41, 5.74) is 2.37. The maximum Gasteiger partial charge on any atom is 0.122 e. The molecule has 0 aliphatic rings. The third-order valence-corrected chi connectivity index (χ3v) is 2.80. The average Bonchev–Trinajstić information content (AvgIpc) is 2.58. The molecular weight excluding hydrogens is 224 g/mol. The first-order valence-electron chi connectivity index (χ1n) is 5.17. The highest BCUT2D eigenvalue weighted by molar-refractivity contribution is 6.31. The van der Waals surface area contributed by atoms with E-state index in [2.05, 4.69) is 22.1 Å². The van der Waals surface area contributed by atoms with Gasteiger partial charge in [0.25, 0.3) is 0 Å². The van der Waals surface area contributed by atoms with E-state index in [9.17, 15) is 0 Å². The molecule has 0 saturated carbocycles. The number of nitrogens with zero attached hydrogens (tertiary/aromatic N) is 1. The zero-order chi connectivity index (χ0) is 11.5. The Morgan fingerprint density at radius 2 is 2.25 bits per heavy atom. The lowest BCUT2D eigenvalue weighted by molar-refractivity contribution is 0.134. The molecule has 86 valence electrons. The summed E-state index contributed by atoms with van der Waals surface area (Å²) in [5.74, 6) is 0. The summed E-state index contributed by atoms with van der Waals surface area (Å²) in [5, 5.41) is 5.13. The molecule has 0 atom stereocenters. The number of rotatable bonds is 4. The molecule has 4 heteroatoms. The van der Waals surface area contributed by atoms with Gasteiger partial charge in [0.2, 0.25) is 0 Å². The van der Waals surface area contributed by atoms with Crippen molar-refractivity contribution in [1.29, 1.82) is 0 Å². The molecule has 16 heavy (non-hydrogen) atoms. The van der Waals surface area contributed by atoms with Gasteiger partial charge in [-0.1, -0.05) is 17.7 Å². The van der Waals surface area contributed by atoms with Crippen LogP contribution in [0.1, 0.15) is 5.56 Å². The lowest BCUT2D eigenvalue weighted by Gasteiger charge is -2.02. The van der Waals surface area contributed by atoms with E-state index in [4.69, 9.17) is 16.3 Å². The van der Waals surface area contributed by atoms with Gasteiger partial charge in [-0.25, -0.2) is 0 Å². The van der Waals surface area contributed by atoms with Crippen LogP contribution < -0.4 is 5.32 Å². The van der Waals surface area contributed by atoms with Crippen molar-refractivity contribution in [1.82, 2.24) is 9.88 Å². The van der Waals surface area contributed by atoms with E-state index >= 15 is 0 Å². The van der Waals surface area contributed by atoms with Gasteiger partial charge in [-0.3, -0.25) is 0 Å². The Morgan fingerprint density at radius 3 is 2.94 bits per heavy atom. The van der Waals surface area contributed by atoms with Gasteiger partial charge in [0, 0.05) is 30.3 Å². The van der Waals surface area contributed by atoms with Crippen LogP contribution in [0.5, 0.6) is 0 Å². The molecule has 0 fully saturated rings. The largest absolute Gasteiger partial charge is 0.364 e. The predicted molar refractivity (Wildman–Crippen MR) is 66.7 cm³/mol. The number of benzene rings is 1. The van der Waals surface area contributed by atoms with Gasteiger partial charge in [0.1, 0.15) is 6.73 Å². The summed E-state index contributed by atoms with van der Waals surface area (Å²) in [6.45, 7) is 1.38. The Labute approximate surface area is 100.0 Å². The number of ether oxygens (including phenoxy) is 1. The van der Waals surface area contributed by atoms with E-state index in [1.807, 2.05) is 19.2 Å². The van der Waals surface area contributed by atoms with Crippen LogP contribution in [-0.2, 0) is 18.0 Å². The van der Waals surface area contributed by atoms with E-state index in [-0.39, 0.29) is 0 Å². The molecule has 0 aliphatic carbocycles. The zero-order valence-corrected chi connectivity index (χ0v) is 10.2. The van der Waals surface area contributed by atoms with Gasteiger partial charge < -0.3 is 14.6 Å². The van der Waals surface area contributed by atoms with Gasteiger partial charge in [0.15, 0.2) is 0 Å². The van der Waals surface area contributed by atoms with Crippen molar-refractivity contribution < 1.29 is 4.74 Å². The molecule has 1 aromatic carbocycles. The van der Waals surface area contributed by atoms with E-state index in [1.165, 1.54) is 10.9 Å². The highest BCUT2D eigenvalue weighted by Gasteiger charge is 2.07. The molecule has 0 saturated heterocycles. The Balaban J connectivity index is 2.56. The summed E-state index contributed by atoms with van der Waals surface area (Å²) in [6.07, 6.45) is 2.10. The van der Waals surface area contributed by atoms with Crippen LogP contribution in [0, 0.1) is 0 Å². The van der Waals surface area contributed by atoms with E-state index in [1.54, 1.807) is 7.11 Å². The van der Waals surface area contributed by atoms with Crippen molar-refractivity contribution in [3.63, 3.8) is 0 Å². The molecule has 3 nitrogen and oxygen atoms in total. The highest BCUT2D eigenvalue weighted by Crippen LogP contribution is 2.24. The second-order valence-electron chi connectivity index (χ2n) is 3.73. The second-order valence-corrected chi connectivity index (χ2v) is 4.17. The maximum atomic E-state index is 6.01. The fourth-order valence-corrected chi connectivity index (χ4v) is 2.08. The standard InChI is InChI=1S/C12H15ClN2O/c1-14-6-9-7-15(8-16-2)12-5-10(13)3-4-11(9)12/h3-5,7,14H,6,8H2,1-2H3. The lowest BCUT2D eigenvalue weighted by atomic mass is 10.2. The van der Waals surface area contributed by atoms with E-state index < -0.39 is 0 Å². The number of hydrogen-bond donors (Lipinski definition) is 1. The number of nitrogens with one attached hydrogen (secondary N) is 1. The number of halogens is 1. The van der Waals surface area contributed by atoms with Gasteiger partial charge in [0.05, 0.1) is 5.52 Å². The predicted octanol–water partition coefficient (Wildman–Crippen LogP) is 2.62. The molecule has 2 rings (SSSR count). The van der Waals surface area contributed by atoms with Gasteiger partial charge >= 0.3 is 0 Å². The molecule has 0 aliphatic heterocycles. The quantitative estimate of drug-likeness (QED) is 0.886. The van der Waals surface area contributed by atoms with Crippen LogP contribution in [0.2, 0.25) is 5.02 Å². The summed E-state index contributed by atoms with van der Waals surface area (Å²) in [4.78, 5) is 0. The fourth-order valence-electron chi connectivity index (χ4n) is 1.92. The minimum Gasteiger partial charge on any atom is -0.364 e. The molecule has 0 bridgehead atoms. The van der Waals surface area contributed by atoms with E-state index in [0.29, 0.717) is 6.73 Å². The first kappa shape index (κ1) is 11.5. The number of fused-ring (bicyclic) bond motifs is 1. The van der Waals surface area contributed by atoms with Crippen LogP contribution in [0.3, 0.4) is 0 Å². The summed E-state index contributed by atoms with van der Waals surface area (Å²) in [7, 11) is 3.63. The topological polar surface area (TPSA) is 26.2 Å². The monoisotopic (exact) mass is 238 g/mol. The number of hydrogen-bond acceptors (Lipinski definition) is 2. The Hall–Kier alpha value is -1.03. The molecule has 0 amide bonds. The Bertz CT molecular complexity index is 493. The van der Waals surface area contributed by atoms with Crippen LogP contribution in [0.25, 0.3) is 10.9 Å². The van der Waals surface area contributed by atoms with Crippen molar-refractivity contribution in [3.05, 3.63) is 35.0 Å². The van der Waals surface area contributed by atoms with Crippen LogP contribution in [0.4, 0.5) is 0 Å². The van der Waals surface area contributed by atoms with Gasteiger partial charge in [-0.2, -0.15) is 0 Å². The summed E-state index contributed by atoms with van der Waals surface area (Å²) < 4.78 is 7.23. The normalized spacial score (nSPS) is 11.2. The van der Waals surface area contributed by atoms with Crippen molar-refractivity contribution in [2.45, 2.75) is 13.3 Å². The molecule has 0 spiro atoms. The molecule has 1 heterocycles. The minimum absolute atomic E-state index is 0.542. The first-order valence-corrected chi connectivity index (χ1v) is 5.55. The van der Waals surface area contributed by atoms with Gasteiger partial charge in [-0.05, 0) is 24.7 Å². The third-order valence-electron chi connectivity index (χ3n) is 2.56. The van der Waals surface area contributed by atoms with Crippen LogP contribution in [-0.4, -0.2) is 18.7 Å². The van der Waals surface area contributed by atoms with Crippen LogP contribution >= 0.6 is 11.6 Å². The van der Waals surface area contributed by atoms with Crippen molar-refractivity contribution in [2.75, 3.05) is 14.2 Å². The zero-order valence-electron chi connectivity index (χ0n) is 9.46. The SMILES string of the molecule is CNCc1cn(COC)c2cc(Cl)ccc12. The molecule has 1 aromatic heterocycles. The first-order chi connectivity index (χ1) is 7.76. The average molecular weight is 239 g/mol. The Kier molecular flexibility index (Phi) is 3.49. The number of aromatic nitrogens is 1. The molecule has 0 radical (unpaired) electrons. The highest BCUT2D eigenvalue weighted by atomic mass is 35.5. The number of methoxy groups -OCH3 is 1. The molecular formula is C12H15ClN2O.